The maximum absolute atomic E-state index is 12.2. The Kier molecular flexibility index (Phi) is 5.55. The fraction of sp³-hybridized carbons (Fsp3) is 0.357. The van der Waals surface area contributed by atoms with Gasteiger partial charge < -0.3 is 14.9 Å². The molecule has 0 radical (unpaired) electrons. The average molecular weight is 345 g/mol. The van der Waals surface area contributed by atoms with Crippen LogP contribution in [0.15, 0.2) is 24.3 Å². The molecule has 0 aliphatic carbocycles. The van der Waals surface area contributed by atoms with Gasteiger partial charge in [-0.3, -0.25) is 0 Å². The number of aliphatic carboxylic acids is 1. The van der Waals surface area contributed by atoms with Gasteiger partial charge in [0.1, 0.15) is 0 Å². The van der Waals surface area contributed by atoms with Crippen LogP contribution in [-0.4, -0.2) is 36.3 Å². The van der Waals surface area contributed by atoms with Crippen LogP contribution in [0, 0.1) is 0 Å². The van der Waals surface area contributed by atoms with E-state index >= 15 is 0 Å². The first-order chi connectivity index (χ1) is 10.4. The molecule has 2 N–H and O–H groups in total. The Labute approximate surface area is 156 Å². The van der Waals surface area contributed by atoms with Gasteiger partial charge in [-0.25, -0.2) is 0 Å². The summed E-state index contributed by atoms with van der Waals surface area (Å²) >= 11 is 0. The van der Waals surface area contributed by atoms with Crippen molar-refractivity contribution in [1.29, 1.82) is 0 Å². The van der Waals surface area contributed by atoms with E-state index < -0.39 is 22.2 Å². The third-order valence-corrected chi connectivity index (χ3v) is 5.51. The number of nitrogens with one attached hydrogen (secondary N) is 2. The van der Waals surface area contributed by atoms with Gasteiger partial charge in [0.25, 0.3) is 10.2 Å². The van der Waals surface area contributed by atoms with Crippen LogP contribution in [-0.2, 0) is 28.0 Å². The van der Waals surface area contributed by atoms with Crippen molar-refractivity contribution in [3.8, 4) is 0 Å². The molecule has 1 aliphatic rings. The van der Waals surface area contributed by atoms with E-state index in [-0.39, 0.29) is 36.1 Å². The van der Waals surface area contributed by atoms with Crippen molar-refractivity contribution in [3.05, 3.63) is 35.5 Å². The molecule has 1 aliphatic heterocycles. The standard InChI is InChI=1S/C14H17N3O4S.Na/c1-9(14(18)19)16-22(20,21)17-7-6-11-10-4-2-3-5-12(10)15-13(11)8-17;/h2-5,9,15-16H,6-8H2,1H3,(H,18,19);/q;+1/p-1. The summed E-state index contributed by atoms with van der Waals surface area (Å²) in [4.78, 5) is 13.9. The number of carbonyl (C=O) groups is 1. The van der Waals surface area contributed by atoms with E-state index in [0.717, 1.165) is 22.2 Å². The molecule has 0 bridgehead atoms. The van der Waals surface area contributed by atoms with Crippen LogP contribution in [0.4, 0.5) is 0 Å². The molecule has 2 heterocycles. The zero-order valence-corrected chi connectivity index (χ0v) is 15.8. The second-order valence-electron chi connectivity index (χ2n) is 5.37. The van der Waals surface area contributed by atoms with Gasteiger partial charge in [-0.1, -0.05) is 18.2 Å². The molecule has 0 saturated heterocycles. The first kappa shape index (κ1) is 18.4. The molecule has 9 heteroatoms. The van der Waals surface area contributed by atoms with Crippen LogP contribution in [0.5, 0.6) is 0 Å². The van der Waals surface area contributed by atoms with Gasteiger partial charge in [-0.15, -0.1) is 0 Å². The van der Waals surface area contributed by atoms with Crippen molar-refractivity contribution in [2.45, 2.75) is 25.9 Å². The average Bonchev–Trinajstić information content (AvgIpc) is 2.84. The molecule has 1 aromatic heterocycles. The monoisotopic (exact) mass is 345 g/mol. The van der Waals surface area contributed by atoms with Crippen molar-refractivity contribution in [2.24, 2.45) is 0 Å². The number of H-pyrrole nitrogens is 1. The molecule has 1 aromatic carbocycles. The van der Waals surface area contributed by atoms with E-state index in [9.17, 15) is 18.3 Å². The molecule has 1 unspecified atom stereocenters. The van der Waals surface area contributed by atoms with Crippen LogP contribution < -0.4 is 39.4 Å². The second-order valence-corrected chi connectivity index (χ2v) is 7.08. The van der Waals surface area contributed by atoms with E-state index in [1.165, 1.54) is 11.2 Å². The van der Waals surface area contributed by atoms with Crippen LogP contribution in [0.2, 0.25) is 0 Å². The number of nitrogens with zero attached hydrogens (tertiary/aromatic N) is 1. The minimum absolute atomic E-state index is 0. The molecule has 1 atom stereocenters. The van der Waals surface area contributed by atoms with Gasteiger partial charge >= 0.3 is 29.6 Å². The first-order valence-electron chi connectivity index (χ1n) is 6.95. The van der Waals surface area contributed by atoms with Crippen molar-refractivity contribution in [1.82, 2.24) is 14.0 Å². The number of carbonyl (C=O) groups excluding carboxylic acids is 1. The van der Waals surface area contributed by atoms with Crippen molar-refractivity contribution in [3.63, 3.8) is 0 Å². The second kappa shape index (κ2) is 6.92. The van der Waals surface area contributed by atoms with E-state index in [2.05, 4.69) is 9.71 Å². The number of hydrogen-bond donors (Lipinski definition) is 2. The van der Waals surface area contributed by atoms with Crippen molar-refractivity contribution in [2.75, 3.05) is 6.54 Å². The predicted molar refractivity (Wildman–Crippen MR) is 78.9 cm³/mol. The Bertz CT molecular complexity index is 834. The molecular formula is C14H16N3NaO4S. The molecular weight excluding hydrogens is 329 g/mol. The van der Waals surface area contributed by atoms with Gasteiger partial charge in [-0.05, 0) is 25.0 Å². The van der Waals surface area contributed by atoms with Crippen LogP contribution >= 0.6 is 0 Å². The third kappa shape index (κ3) is 3.62. The first-order valence-corrected chi connectivity index (χ1v) is 8.39. The Morgan fingerprint density at radius 1 is 1.39 bits per heavy atom. The minimum atomic E-state index is -3.87. The number of benzene rings is 1. The summed E-state index contributed by atoms with van der Waals surface area (Å²) in [5, 5.41) is 11.8. The molecule has 0 amide bonds. The Hall–Kier alpha value is -0.900. The summed E-state index contributed by atoms with van der Waals surface area (Å²) in [6.07, 6.45) is 0.583. The summed E-state index contributed by atoms with van der Waals surface area (Å²) in [5.41, 5.74) is 2.94. The number of aromatic amines is 1. The number of aromatic nitrogens is 1. The van der Waals surface area contributed by atoms with Crippen LogP contribution in [0.1, 0.15) is 18.2 Å². The fourth-order valence-electron chi connectivity index (χ4n) is 2.72. The smallest absolute Gasteiger partial charge is 0.548 e. The SMILES string of the molecule is CC(NS(=O)(=O)N1CCc2c([nH]c3ccccc23)C1)C(=O)[O-].[Na+]. The van der Waals surface area contributed by atoms with Crippen molar-refractivity contribution >= 4 is 27.1 Å². The number of para-hydroxylation sites is 1. The molecule has 118 valence electrons. The van der Waals surface area contributed by atoms with Gasteiger partial charge in [0.15, 0.2) is 0 Å². The molecule has 7 nitrogen and oxygen atoms in total. The number of hydrogen-bond acceptors (Lipinski definition) is 4. The fourth-order valence-corrected chi connectivity index (χ4v) is 4.04. The number of carboxylic acids is 1. The Balaban J connectivity index is 0.00000192. The quantitative estimate of drug-likeness (QED) is 0.561. The van der Waals surface area contributed by atoms with Gasteiger partial charge in [0.2, 0.25) is 0 Å². The zero-order valence-electron chi connectivity index (χ0n) is 13.0. The van der Waals surface area contributed by atoms with Gasteiger partial charge in [-0.2, -0.15) is 17.4 Å². The van der Waals surface area contributed by atoms with E-state index in [1.807, 2.05) is 24.3 Å². The molecule has 23 heavy (non-hydrogen) atoms. The molecule has 0 saturated carbocycles. The third-order valence-electron chi connectivity index (χ3n) is 3.87. The van der Waals surface area contributed by atoms with E-state index in [0.29, 0.717) is 13.0 Å². The summed E-state index contributed by atoms with van der Waals surface area (Å²) < 4.78 is 27.8. The largest absolute Gasteiger partial charge is 1.00 e. The summed E-state index contributed by atoms with van der Waals surface area (Å²) in [6.45, 7) is 1.74. The summed E-state index contributed by atoms with van der Waals surface area (Å²) in [6, 6.07) is 6.55. The van der Waals surface area contributed by atoms with Gasteiger partial charge in [0, 0.05) is 23.1 Å². The van der Waals surface area contributed by atoms with E-state index in [4.69, 9.17) is 0 Å². The maximum atomic E-state index is 12.2. The number of rotatable bonds is 4. The van der Waals surface area contributed by atoms with Crippen LogP contribution in [0.3, 0.4) is 0 Å². The number of carboxylic acid groups (broad SMARTS) is 1. The zero-order chi connectivity index (χ0) is 15.9. The Morgan fingerprint density at radius 3 is 2.78 bits per heavy atom. The molecule has 0 fully saturated rings. The van der Waals surface area contributed by atoms with E-state index in [1.54, 1.807) is 0 Å². The Morgan fingerprint density at radius 2 is 2.09 bits per heavy atom. The normalized spacial score (nSPS) is 16.6. The maximum Gasteiger partial charge on any atom is 1.00 e. The number of fused-ring (bicyclic) bond motifs is 3. The molecule has 0 spiro atoms. The molecule has 3 rings (SSSR count). The molecule has 2 aromatic rings. The predicted octanol–water partition coefficient (Wildman–Crippen LogP) is -3.50. The van der Waals surface area contributed by atoms with Crippen LogP contribution in [0.25, 0.3) is 10.9 Å². The minimum Gasteiger partial charge on any atom is -0.548 e. The topological polar surface area (TPSA) is 105 Å². The summed E-state index contributed by atoms with van der Waals surface area (Å²) in [5.74, 6) is -1.45. The van der Waals surface area contributed by atoms with Gasteiger partial charge in [0.05, 0.1) is 18.6 Å². The summed E-state index contributed by atoms with van der Waals surface area (Å²) in [7, 11) is -3.87. The van der Waals surface area contributed by atoms with Crippen molar-refractivity contribution < 1.29 is 47.9 Å².